The summed E-state index contributed by atoms with van der Waals surface area (Å²) in [6.07, 6.45) is 0.945. The van der Waals surface area contributed by atoms with Gasteiger partial charge in [0, 0.05) is 11.1 Å². The van der Waals surface area contributed by atoms with Crippen molar-refractivity contribution in [1.29, 1.82) is 0 Å². The van der Waals surface area contributed by atoms with Crippen molar-refractivity contribution in [1.82, 2.24) is 0 Å². The summed E-state index contributed by atoms with van der Waals surface area (Å²) in [6.45, 7) is 4.21. The van der Waals surface area contributed by atoms with E-state index in [2.05, 4.69) is 98.5 Å². The average Bonchev–Trinajstić information content (AvgIpc) is 2.57. The molecule has 0 fully saturated rings. The van der Waals surface area contributed by atoms with Gasteiger partial charge < -0.3 is 0 Å². The molecule has 0 atom stereocenters. The van der Waals surface area contributed by atoms with Crippen molar-refractivity contribution in [2.24, 2.45) is 0 Å². The van der Waals surface area contributed by atoms with E-state index >= 15 is 0 Å². The van der Waals surface area contributed by atoms with Gasteiger partial charge in [-0.15, -0.1) is 0 Å². The summed E-state index contributed by atoms with van der Waals surface area (Å²) in [6, 6.07) is 25.5. The van der Waals surface area contributed by atoms with E-state index in [-0.39, 0.29) is 0 Å². The zero-order chi connectivity index (χ0) is 16.1. The summed E-state index contributed by atoms with van der Waals surface area (Å²) in [5, 5.41) is 0. The summed E-state index contributed by atoms with van der Waals surface area (Å²) in [5.74, 6) is 6.50. The molecular weight excluding hydrogens is 276 g/mol. The maximum atomic E-state index is 3.27. The van der Waals surface area contributed by atoms with Crippen LogP contribution in [-0.4, -0.2) is 0 Å². The fraction of sp³-hybridized carbons (Fsp3) is 0.130. The van der Waals surface area contributed by atoms with Crippen LogP contribution in [-0.2, 0) is 6.42 Å². The Morgan fingerprint density at radius 1 is 0.609 bits per heavy atom. The van der Waals surface area contributed by atoms with Gasteiger partial charge in [-0.2, -0.15) is 0 Å². The highest BCUT2D eigenvalue weighted by Crippen LogP contribution is 2.12. The normalized spacial score (nSPS) is 10.0. The first-order valence-electron chi connectivity index (χ1n) is 7.92. The van der Waals surface area contributed by atoms with E-state index in [4.69, 9.17) is 0 Å². The first kappa shape index (κ1) is 15.1. The van der Waals surface area contributed by atoms with Gasteiger partial charge in [-0.1, -0.05) is 71.5 Å². The minimum Gasteiger partial charge on any atom is -0.0617 e. The van der Waals surface area contributed by atoms with Gasteiger partial charge in [0.05, 0.1) is 0 Å². The van der Waals surface area contributed by atoms with Crippen molar-refractivity contribution >= 4 is 0 Å². The predicted molar refractivity (Wildman–Crippen MR) is 97.6 cm³/mol. The lowest BCUT2D eigenvalue weighted by Gasteiger charge is -2.03. The predicted octanol–water partition coefficient (Wildman–Crippen LogP) is 5.29. The molecule has 3 rings (SSSR count). The second kappa shape index (κ2) is 6.99. The topological polar surface area (TPSA) is 0 Å². The van der Waals surface area contributed by atoms with E-state index in [9.17, 15) is 0 Å². The smallest absolute Gasteiger partial charge is 0.0251 e. The van der Waals surface area contributed by atoms with E-state index in [0.29, 0.717) is 0 Å². The van der Waals surface area contributed by atoms with Gasteiger partial charge >= 0.3 is 0 Å². The molecule has 0 radical (unpaired) electrons. The molecule has 0 saturated carbocycles. The average molecular weight is 296 g/mol. The summed E-state index contributed by atoms with van der Waals surface area (Å²) in [5.41, 5.74) is 7.31. The van der Waals surface area contributed by atoms with Crippen LogP contribution in [0.15, 0.2) is 72.8 Å². The van der Waals surface area contributed by atoms with Gasteiger partial charge in [-0.25, -0.2) is 0 Å². The maximum Gasteiger partial charge on any atom is 0.0251 e. The van der Waals surface area contributed by atoms with E-state index in [0.717, 1.165) is 17.5 Å². The Morgan fingerprint density at radius 2 is 1.22 bits per heavy atom. The molecule has 3 aromatic carbocycles. The van der Waals surface area contributed by atoms with Crippen LogP contribution in [0.2, 0.25) is 0 Å². The number of rotatable bonds is 2. The zero-order valence-corrected chi connectivity index (χ0v) is 13.6. The Hall–Kier alpha value is -2.78. The van der Waals surface area contributed by atoms with Crippen molar-refractivity contribution < 1.29 is 0 Å². The molecule has 0 heteroatoms. The molecular formula is C23H20. The molecule has 3 aromatic rings. The molecule has 0 unspecified atom stereocenters. The first-order chi connectivity index (χ1) is 11.2. The number of hydrogen-bond donors (Lipinski definition) is 0. The van der Waals surface area contributed by atoms with Crippen molar-refractivity contribution in [2.45, 2.75) is 20.3 Å². The minimum absolute atomic E-state index is 0.945. The Bertz CT molecular complexity index is 841. The highest BCUT2D eigenvalue weighted by atomic mass is 14.0. The minimum atomic E-state index is 0.945. The van der Waals surface area contributed by atoms with Gasteiger partial charge in [-0.05, 0) is 55.7 Å². The van der Waals surface area contributed by atoms with Crippen LogP contribution in [0, 0.1) is 25.7 Å². The molecule has 112 valence electrons. The summed E-state index contributed by atoms with van der Waals surface area (Å²) in [4.78, 5) is 0. The number of aryl methyl sites for hydroxylation is 2. The monoisotopic (exact) mass is 296 g/mol. The highest BCUT2D eigenvalue weighted by Gasteiger charge is 1.97. The Balaban J connectivity index is 1.77. The summed E-state index contributed by atoms with van der Waals surface area (Å²) >= 11 is 0. The SMILES string of the molecule is Cc1ccc(C#Cc2cccc(Cc3ccc(C)cc3)c2)cc1. The van der Waals surface area contributed by atoms with Crippen molar-refractivity contribution in [3.8, 4) is 11.8 Å². The molecule has 0 bridgehead atoms. The van der Waals surface area contributed by atoms with Crippen molar-refractivity contribution in [3.05, 3.63) is 106 Å². The van der Waals surface area contributed by atoms with E-state index in [1.807, 2.05) is 0 Å². The third kappa shape index (κ3) is 4.34. The second-order valence-corrected chi connectivity index (χ2v) is 5.98. The van der Waals surface area contributed by atoms with Crippen LogP contribution in [0.5, 0.6) is 0 Å². The van der Waals surface area contributed by atoms with Gasteiger partial charge in [0.25, 0.3) is 0 Å². The Kier molecular flexibility index (Phi) is 4.60. The van der Waals surface area contributed by atoms with Crippen LogP contribution in [0.25, 0.3) is 0 Å². The van der Waals surface area contributed by atoms with Crippen LogP contribution < -0.4 is 0 Å². The third-order valence-electron chi connectivity index (χ3n) is 3.86. The van der Waals surface area contributed by atoms with Gasteiger partial charge in [0.15, 0.2) is 0 Å². The molecule has 0 aliphatic carbocycles. The molecule has 23 heavy (non-hydrogen) atoms. The largest absolute Gasteiger partial charge is 0.0617 e. The number of benzene rings is 3. The number of hydrogen-bond acceptors (Lipinski definition) is 0. The molecule has 0 saturated heterocycles. The molecule has 0 amide bonds. The Morgan fingerprint density at radius 3 is 1.91 bits per heavy atom. The fourth-order valence-electron chi connectivity index (χ4n) is 2.48. The van der Waals surface area contributed by atoms with Crippen LogP contribution in [0.3, 0.4) is 0 Å². The van der Waals surface area contributed by atoms with E-state index in [1.54, 1.807) is 0 Å². The van der Waals surface area contributed by atoms with E-state index < -0.39 is 0 Å². The molecule has 0 nitrogen and oxygen atoms in total. The van der Waals surface area contributed by atoms with E-state index in [1.165, 1.54) is 22.3 Å². The van der Waals surface area contributed by atoms with Gasteiger partial charge in [-0.3, -0.25) is 0 Å². The second-order valence-electron chi connectivity index (χ2n) is 5.98. The molecule has 0 spiro atoms. The fourth-order valence-corrected chi connectivity index (χ4v) is 2.48. The lowest BCUT2D eigenvalue weighted by atomic mass is 10.0. The summed E-state index contributed by atoms with van der Waals surface area (Å²) in [7, 11) is 0. The maximum absolute atomic E-state index is 3.27. The van der Waals surface area contributed by atoms with Gasteiger partial charge in [0.1, 0.15) is 0 Å². The third-order valence-corrected chi connectivity index (χ3v) is 3.86. The van der Waals surface area contributed by atoms with Crippen LogP contribution >= 0.6 is 0 Å². The lowest BCUT2D eigenvalue weighted by Crippen LogP contribution is -1.89. The molecule has 0 aromatic heterocycles. The van der Waals surface area contributed by atoms with Crippen molar-refractivity contribution in [2.75, 3.05) is 0 Å². The molecule has 0 N–H and O–H groups in total. The molecule has 0 heterocycles. The summed E-state index contributed by atoms with van der Waals surface area (Å²) < 4.78 is 0. The molecule has 0 aliphatic rings. The zero-order valence-electron chi connectivity index (χ0n) is 13.6. The van der Waals surface area contributed by atoms with Crippen LogP contribution in [0.1, 0.15) is 33.4 Å². The standard InChI is InChI=1S/C23H20/c1-18-6-10-20(11-7-18)14-15-21-4-3-5-23(16-21)17-22-12-8-19(2)9-13-22/h3-13,16H,17H2,1-2H3. The van der Waals surface area contributed by atoms with Gasteiger partial charge in [0.2, 0.25) is 0 Å². The van der Waals surface area contributed by atoms with Crippen LogP contribution in [0.4, 0.5) is 0 Å². The van der Waals surface area contributed by atoms with Crippen molar-refractivity contribution in [3.63, 3.8) is 0 Å². The lowest BCUT2D eigenvalue weighted by molar-refractivity contribution is 1.18. The molecule has 0 aliphatic heterocycles. The first-order valence-corrected chi connectivity index (χ1v) is 7.92. The quantitative estimate of drug-likeness (QED) is 0.563. The highest BCUT2D eigenvalue weighted by molar-refractivity contribution is 5.45. The Labute approximate surface area is 138 Å².